The zero-order valence-corrected chi connectivity index (χ0v) is 19.0. The minimum absolute atomic E-state index is 0.0670. The topological polar surface area (TPSA) is 69.7 Å². The average Bonchev–Trinajstić information content (AvgIpc) is 3.12. The molecule has 9 heteroatoms. The summed E-state index contributed by atoms with van der Waals surface area (Å²) in [6.07, 6.45) is 0.710. The highest BCUT2D eigenvalue weighted by Crippen LogP contribution is 2.23. The fraction of sp³-hybridized carbons (Fsp3) is 0.450. The van der Waals surface area contributed by atoms with Crippen LogP contribution in [0.1, 0.15) is 35.5 Å². The van der Waals surface area contributed by atoms with Crippen molar-refractivity contribution >= 4 is 38.9 Å². The smallest absolute Gasteiger partial charge is 0.253 e. The average molecular weight is 456 g/mol. The minimum atomic E-state index is -3.56. The van der Waals surface area contributed by atoms with Crippen molar-refractivity contribution in [2.75, 3.05) is 26.2 Å². The molecule has 3 rings (SSSR count). The lowest BCUT2D eigenvalue weighted by Gasteiger charge is -2.34. The van der Waals surface area contributed by atoms with E-state index in [1.165, 1.54) is 17.0 Å². The van der Waals surface area contributed by atoms with Crippen molar-refractivity contribution in [1.82, 2.24) is 14.5 Å². The van der Waals surface area contributed by atoms with Gasteiger partial charge in [-0.25, -0.2) is 13.1 Å². The molecule has 1 atom stereocenters. The SMILES string of the molecule is CC[C@H](C)NS(=O)(=O)c1ccc(C(=O)N2CCN(Cc3ccc(Cl)s3)CC2)cc1. The molecule has 1 aliphatic heterocycles. The van der Waals surface area contributed by atoms with E-state index in [4.69, 9.17) is 11.6 Å². The Bertz CT molecular complexity index is 936. The van der Waals surface area contributed by atoms with Gasteiger partial charge in [0.15, 0.2) is 0 Å². The van der Waals surface area contributed by atoms with E-state index >= 15 is 0 Å². The first-order chi connectivity index (χ1) is 13.8. The zero-order chi connectivity index (χ0) is 21.0. The Morgan fingerprint density at radius 3 is 2.34 bits per heavy atom. The van der Waals surface area contributed by atoms with E-state index in [0.717, 1.165) is 24.0 Å². The molecule has 158 valence electrons. The van der Waals surface area contributed by atoms with Crippen LogP contribution in [0.4, 0.5) is 0 Å². The van der Waals surface area contributed by atoms with E-state index < -0.39 is 10.0 Å². The van der Waals surface area contributed by atoms with Gasteiger partial charge >= 0.3 is 0 Å². The van der Waals surface area contributed by atoms with Crippen molar-refractivity contribution in [3.63, 3.8) is 0 Å². The van der Waals surface area contributed by atoms with E-state index in [0.29, 0.717) is 25.1 Å². The first-order valence-electron chi connectivity index (χ1n) is 9.66. The molecule has 1 fully saturated rings. The molecule has 1 aromatic heterocycles. The van der Waals surface area contributed by atoms with Gasteiger partial charge < -0.3 is 4.90 Å². The van der Waals surface area contributed by atoms with E-state index in [9.17, 15) is 13.2 Å². The summed E-state index contributed by atoms with van der Waals surface area (Å²) < 4.78 is 28.1. The van der Waals surface area contributed by atoms with Crippen molar-refractivity contribution in [3.8, 4) is 0 Å². The summed E-state index contributed by atoms with van der Waals surface area (Å²) in [6, 6.07) is 9.98. The van der Waals surface area contributed by atoms with Gasteiger partial charge in [-0.3, -0.25) is 9.69 Å². The molecule has 0 bridgehead atoms. The molecule has 1 amide bonds. The summed E-state index contributed by atoms with van der Waals surface area (Å²) in [6.45, 7) is 7.47. The van der Waals surface area contributed by atoms with Crippen LogP contribution in [0.3, 0.4) is 0 Å². The van der Waals surface area contributed by atoms with Crippen LogP contribution in [0.15, 0.2) is 41.3 Å². The van der Waals surface area contributed by atoms with Crippen LogP contribution in [0.2, 0.25) is 4.34 Å². The van der Waals surface area contributed by atoms with E-state index in [1.54, 1.807) is 23.5 Å². The lowest BCUT2D eigenvalue weighted by molar-refractivity contribution is 0.0629. The van der Waals surface area contributed by atoms with Crippen LogP contribution >= 0.6 is 22.9 Å². The van der Waals surface area contributed by atoms with Gasteiger partial charge in [-0.05, 0) is 49.7 Å². The fourth-order valence-electron chi connectivity index (χ4n) is 3.14. The molecular weight excluding hydrogens is 430 g/mol. The number of sulfonamides is 1. The normalized spacial score (nSPS) is 16.7. The van der Waals surface area contributed by atoms with Gasteiger partial charge in [0, 0.05) is 49.2 Å². The van der Waals surface area contributed by atoms with Gasteiger partial charge in [0.2, 0.25) is 10.0 Å². The van der Waals surface area contributed by atoms with Crippen LogP contribution < -0.4 is 4.72 Å². The maximum Gasteiger partial charge on any atom is 0.253 e. The molecule has 1 aromatic carbocycles. The van der Waals surface area contributed by atoms with Gasteiger partial charge in [0.1, 0.15) is 0 Å². The monoisotopic (exact) mass is 455 g/mol. The highest BCUT2D eigenvalue weighted by molar-refractivity contribution is 7.89. The number of carbonyl (C=O) groups excluding carboxylic acids is 1. The van der Waals surface area contributed by atoms with Crippen molar-refractivity contribution in [3.05, 3.63) is 51.2 Å². The van der Waals surface area contributed by atoms with Crippen LogP contribution in [0, 0.1) is 0 Å². The molecule has 6 nitrogen and oxygen atoms in total. The standard InChI is InChI=1S/C20H26ClN3O3S2/c1-3-15(2)22-29(26,27)18-7-4-16(5-8-18)20(25)24-12-10-23(11-13-24)14-17-6-9-19(21)28-17/h4-9,15,22H,3,10-14H2,1-2H3/t15-/m0/s1. The Morgan fingerprint density at radius 1 is 1.14 bits per heavy atom. The van der Waals surface area contributed by atoms with Crippen LogP contribution in [0.25, 0.3) is 0 Å². The third-order valence-electron chi connectivity index (χ3n) is 5.05. The highest BCUT2D eigenvalue weighted by Gasteiger charge is 2.23. The number of benzene rings is 1. The van der Waals surface area contributed by atoms with Gasteiger partial charge in [0.25, 0.3) is 5.91 Å². The molecule has 29 heavy (non-hydrogen) atoms. The predicted octanol–water partition coefficient (Wildman–Crippen LogP) is 3.44. The Balaban J connectivity index is 1.57. The first-order valence-corrected chi connectivity index (χ1v) is 12.3. The summed E-state index contributed by atoms with van der Waals surface area (Å²) in [7, 11) is -3.56. The fourth-order valence-corrected chi connectivity index (χ4v) is 5.60. The van der Waals surface area contributed by atoms with E-state index in [1.807, 2.05) is 30.9 Å². The number of piperazine rings is 1. The number of nitrogens with one attached hydrogen (secondary N) is 1. The summed E-state index contributed by atoms with van der Waals surface area (Å²) >= 11 is 7.57. The number of hydrogen-bond donors (Lipinski definition) is 1. The number of carbonyl (C=O) groups is 1. The molecule has 1 aliphatic rings. The summed E-state index contributed by atoms with van der Waals surface area (Å²) in [5.41, 5.74) is 0.506. The number of nitrogens with zero attached hydrogens (tertiary/aromatic N) is 2. The number of halogens is 1. The molecule has 0 spiro atoms. The minimum Gasteiger partial charge on any atom is -0.336 e. The van der Waals surface area contributed by atoms with Crippen molar-refractivity contribution in [2.24, 2.45) is 0 Å². The predicted molar refractivity (Wildman–Crippen MR) is 117 cm³/mol. The Kier molecular flexibility index (Phi) is 7.34. The molecule has 0 unspecified atom stereocenters. The number of amides is 1. The molecule has 2 aromatic rings. The van der Waals surface area contributed by atoms with Crippen LogP contribution in [-0.2, 0) is 16.6 Å². The second-order valence-corrected chi connectivity index (χ2v) is 10.7. The quantitative estimate of drug-likeness (QED) is 0.694. The van der Waals surface area contributed by atoms with E-state index in [-0.39, 0.29) is 16.8 Å². The lowest BCUT2D eigenvalue weighted by Crippen LogP contribution is -2.48. The molecule has 2 heterocycles. The Hall–Kier alpha value is -1.45. The molecule has 0 aliphatic carbocycles. The van der Waals surface area contributed by atoms with Gasteiger partial charge in [-0.1, -0.05) is 18.5 Å². The largest absolute Gasteiger partial charge is 0.336 e. The van der Waals surface area contributed by atoms with Crippen molar-refractivity contribution in [2.45, 2.75) is 37.8 Å². The summed E-state index contributed by atoms with van der Waals surface area (Å²) in [5, 5.41) is 0. The lowest BCUT2D eigenvalue weighted by atomic mass is 10.2. The van der Waals surface area contributed by atoms with Gasteiger partial charge in [-0.2, -0.15) is 0 Å². The second-order valence-electron chi connectivity index (χ2n) is 7.23. The third kappa shape index (κ3) is 5.79. The van der Waals surface area contributed by atoms with Crippen LogP contribution in [-0.4, -0.2) is 56.3 Å². The summed E-state index contributed by atoms with van der Waals surface area (Å²) in [5.74, 6) is -0.0670. The molecular formula is C20H26ClN3O3S2. The number of hydrogen-bond acceptors (Lipinski definition) is 5. The van der Waals surface area contributed by atoms with Gasteiger partial charge in [-0.15, -0.1) is 11.3 Å². The highest BCUT2D eigenvalue weighted by atomic mass is 35.5. The molecule has 0 saturated carbocycles. The van der Waals surface area contributed by atoms with Gasteiger partial charge in [0.05, 0.1) is 9.23 Å². The van der Waals surface area contributed by atoms with Crippen molar-refractivity contribution in [1.29, 1.82) is 0 Å². The number of thiophene rings is 1. The molecule has 0 radical (unpaired) electrons. The number of rotatable bonds is 7. The zero-order valence-electron chi connectivity index (χ0n) is 16.6. The maximum absolute atomic E-state index is 12.8. The maximum atomic E-state index is 12.8. The second kappa shape index (κ2) is 9.57. The third-order valence-corrected chi connectivity index (χ3v) is 7.87. The Morgan fingerprint density at radius 2 is 1.79 bits per heavy atom. The molecule has 1 N–H and O–H groups in total. The van der Waals surface area contributed by atoms with E-state index in [2.05, 4.69) is 9.62 Å². The molecule has 1 saturated heterocycles. The summed E-state index contributed by atoms with van der Waals surface area (Å²) in [4.78, 5) is 18.3. The Labute approximate surface area is 181 Å². The van der Waals surface area contributed by atoms with Crippen LogP contribution in [0.5, 0.6) is 0 Å². The first kappa shape index (κ1) is 22.2. The van der Waals surface area contributed by atoms with Crippen molar-refractivity contribution < 1.29 is 13.2 Å².